The molecule has 1 amide bonds. The molecule has 0 aromatic heterocycles. The first-order valence-corrected chi connectivity index (χ1v) is 6.66. The van der Waals surface area contributed by atoms with Crippen LogP contribution in [0.2, 0.25) is 0 Å². The summed E-state index contributed by atoms with van der Waals surface area (Å²) in [5.74, 6) is 0.702. The minimum absolute atomic E-state index is 0.0224. The molecule has 1 aromatic carbocycles. The Balaban J connectivity index is 1.69. The number of para-hydroxylation sites is 1. The zero-order valence-corrected chi connectivity index (χ0v) is 10.8. The van der Waals surface area contributed by atoms with Crippen LogP contribution in [-0.2, 0) is 4.79 Å². The number of amides is 1. The minimum atomic E-state index is -0.0388. The van der Waals surface area contributed by atoms with Gasteiger partial charge in [0.05, 0.1) is 25.0 Å². The summed E-state index contributed by atoms with van der Waals surface area (Å²) in [6, 6.07) is 11.7. The lowest BCUT2D eigenvalue weighted by molar-refractivity contribution is -0.122. The molecule has 1 aromatic rings. The zero-order valence-electron chi connectivity index (χ0n) is 10.8. The number of benzene rings is 1. The Kier molecular flexibility index (Phi) is 4.79. The van der Waals surface area contributed by atoms with E-state index in [9.17, 15) is 4.79 Å². The fraction of sp³-hybridized carbons (Fsp3) is 0.467. The fourth-order valence-corrected chi connectivity index (χ4v) is 2.34. The Morgan fingerprint density at radius 3 is 2.89 bits per heavy atom. The number of carbonyl (C=O) groups excluding carboxylic acids is 1. The summed E-state index contributed by atoms with van der Waals surface area (Å²) in [5.41, 5.74) is 0. The molecule has 19 heavy (non-hydrogen) atoms. The maximum Gasteiger partial charge on any atom is 0.223 e. The van der Waals surface area contributed by atoms with Crippen molar-refractivity contribution in [2.45, 2.75) is 31.7 Å². The lowest BCUT2D eigenvalue weighted by Crippen LogP contribution is -2.37. The van der Waals surface area contributed by atoms with E-state index in [-0.39, 0.29) is 17.9 Å². The molecular weight excluding hydrogens is 240 g/mol. The highest BCUT2D eigenvalue weighted by molar-refractivity contribution is 5.76. The third kappa shape index (κ3) is 3.99. The van der Waals surface area contributed by atoms with Gasteiger partial charge in [-0.3, -0.25) is 4.79 Å². The molecule has 0 bridgehead atoms. The summed E-state index contributed by atoms with van der Waals surface area (Å²) >= 11 is 0. The molecular formula is C15H18N2O2. The monoisotopic (exact) mass is 258 g/mol. The smallest absolute Gasteiger partial charge is 0.223 e. The minimum Gasteiger partial charge on any atom is -0.493 e. The molecule has 2 atom stereocenters. The van der Waals surface area contributed by atoms with E-state index in [1.165, 1.54) is 0 Å². The molecule has 4 nitrogen and oxygen atoms in total. The van der Waals surface area contributed by atoms with Crippen LogP contribution in [0.15, 0.2) is 30.3 Å². The third-order valence-corrected chi connectivity index (χ3v) is 3.37. The highest BCUT2D eigenvalue weighted by Gasteiger charge is 2.28. The van der Waals surface area contributed by atoms with Crippen molar-refractivity contribution in [1.82, 2.24) is 5.32 Å². The Hall–Kier alpha value is -2.02. The zero-order chi connectivity index (χ0) is 13.5. The summed E-state index contributed by atoms with van der Waals surface area (Å²) in [7, 11) is 0. The molecule has 2 unspecified atom stereocenters. The van der Waals surface area contributed by atoms with Crippen LogP contribution < -0.4 is 10.1 Å². The van der Waals surface area contributed by atoms with Gasteiger partial charge in [0, 0.05) is 6.04 Å². The molecule has 1 N–H and O–H groups in total. The van der Waals surface area contributed by atoms with E-state index in [0.29, 0.717) is 13.0 Å². The summed E-state index contributed by atoms with van der Waals surface area (Å²) in [6.07, 6.45) is 3.14. The number of ether oxygens (including phenoxy) is 1. The number of hydrogen-bond donors (Lipinski definition) is 1. The van der Waals surface area contributed by atoms with E-state index in [1.807, 2.05) is 30.3 Å². The van der Waals surface area contributed by atoms with Gasteiger partial charge in [-0.1, -0.05) is 18.2 Å². The second kappa shape index (κ2) is 6.79. The molecule has 0 radical (unpaired) electrons. The van der Waals surface area contributed by atoms with Gasteiger partial charge in [0.2, 0.25) is 5.91 Å². The molecule has 2 rings (SSSR count). The number of hydrogen-bond acceptors (Lipinski definition) is 3. The van der Waals surface area contributed by atoms with E-state index in [0.717, 1.165) is 25.0 Å². The average Bonchev–Trinajstić information content (AvgIpc) is 2.87. The summed E-state index contributed by atoms with van der Waals surface area (Å²) in [6.45, 7) is 0.361. The number of nitrogens with zero attached hydrogens (tertiary/aromatic N) is 1. The highest BCUT2D eigenvalue weighted by Crippen LogP contribution is 2.24. The van der Waals surface area contributed by atoms with Crippen molar-refractivity contribution in [2.75, 3.05) is 6.61 Å². The van der Waals surface area contributed by atoms with E-state index in [4.69, 9.17) is 10.00 Å². The predicted molar refractivity (Wildman–Crippen MR) is 71.4 cm³/mol. The summed E-state index contributed by atoms with van der Waals surface area (Å²) < 4.78 is 5.47. The number of carbonyl (C=O) groups is 1. The van der Waals surface area contributed by atoms with Gasteiger partial charge in [0.15, 0.2) is 0 Å². The first kappa shape index (κ1) is 13.4. The molecule has 0 saturated heterocycles. The number of nitrogens with one attached hydrogen (secondary N) is 1. The Labute approximate surface area is 113 Å². The van der Waals surface area contributed by atoms with Crippen molar-refractivity contribution < 1.29 is 9.53 Å². The van der Waals surface area contributed by atoms with E-state index >= 15 is 0 Å². The SMILES string of the molecule is N#CC1CCCC1NC(=O)CCOc1ccccc1. The maximum atomic E-state index is 11.8. The van der Waals surface area contributed by atoms with Crippen LogP contribution >= 0.6 is 0 Å². The quantitative estimate of drug-likeness (QED) is 0.881. The van der Waals surface area contributed by atoms with Gasteiger partial charge >= 0.3 is 0 Å². The van der Waals surface area contributed by atoms with Gasteiger partial charge in [-0.15, -0.1) is 0 Å². The summed E-state index contributed by atoms with van der Waals surface area (Å²) in [5, 5.41) is 11.9. The van der Waals surface area contributed by atoms with Crippen LogP contribution in [0, 0.1) is 17.2 Å². The molecule has 4 heteroatoms. The molecule has 0 heterocycles. The normalized spacial score (nSPS) is 21.6. The van der Waals surface area contributed by atoms with Crippen molar-refractivity contribution in [3.8, 4) is 11.8 Å². The molecule has 0 aliphatic heterocycles. The van der Waals surface area contributed by atoms with Crippen molar-refractivity contribution in [2.24, 2.45) is 5.92 Å². The van der Waals surface area contributed by atoms with Gasteiger partial charge in [-0.25, -0.2) is 0 Å². The van der Waals surface area contributed by atoms with Gasteiger partial charge in [-0.05, 0) is 31.4 Å². The first-order valence-electron chi connectivity index (χ1n) is 6.66. The number of rotatable bonds is 5. The first-order chi connectivity index (χ1) is 9.29. The molecule has 1 fully saturated rings. The van der Waals surface area contributed by atoms with Crippen molar-refractivity contribution in [1.29, 1.82) is 5.26 Å². The largest absolute Gasteiger partial charge is 0.493 e. The number of nitriles is 1. The third-order valence-electron chi connectivity index (χ3n) is 3.37. The van der Waals surface area contributed by atoms with Crippen LogP contribution in [0.25, 0.3) is 0 Å². The molecule has 100 valence electrons. The van der Waals surface area contributed by atoms with Gasteiger partial charge in [0.1, 0.15) is 5.75 Å². The second-order valence-electron chi connectivity index (χ2n) is 4.75. The topological polar surface area (TPSA) is 62.1 Å². The van der Waals surface area contributed by atoms with E-state index in [1.54, 1.807) is 0 Å². The average molecular weight is 258 g/mol. The van der Waals surface area contributed by atoms with Crippen LogP contribution in [-0.4, -0.2) is 18.6 Å². The van der Waals surface area contributed by atoms with Gasteiger partial charge in [-0.2, -0.15) is 5.26 Å². The van der Waals surface area contributed by atoms with Gasteiger partial charge < -0.3 is 10.1 Å². The van der Waals surface area contributed by atoms with Crippen molar-refractivity contribution in [3.63, 3.8) is 0 Å². The van der Waals surface area contributed by atoms with Crippen LogP contribution in [0.3, 0.4) is 0 Å². The van der Waals surface area contributed by atoms with Crippen LogP contribution in [0.4, 0.5) is 0 Å². The Bertz CT molecular complexity index is 453. The maximum absolute atomic E-state index is 11.8. The lowest BCUT2D eigenvalue weighted by Gasteiger charge is -2.15. The Morgan fingerprint density at radius 2 is 2.16 bits per heavy atom. The van der Waals surface area contributed by atoms with Crippen LogP contribution in [0.5, 0.6) is 5.75 Å². The molecule has 1 aliphatic carbocycles. The predicted octanol–water partition coefficient (Wildman–Crippen LogP) is 2.26. The van der Waals surface area contributed by atoms with E-state index in [2.05, 4.69) is 11.4 Å². The lowest BCUT2D eigenvalue weighted by atomic mass is 10.1. The second-order valence-corrected chi connectivity index (χ2v) is 4.75. The van der Waals surface area contributed by atoms with Crippen molar-refractivity contribution >= 4 is 5.91 Å². The Morgan fingerprint density at radius 1 is 1.37 bits per heavy atom. The van der Waals surface area contributed by atoms with Gasteiger partial charge in [0.25, 0.3) is 0 Å². The highest BCUT2D eigenvalue weighted by atomic mass is 16.5. The molecule has 0 spiro atoms. The fourth-order valence-electron chi connectivity index (χ4n) is 2.34. The summed E-state index contributed by atoms with van der Waals surface area (Å²) in [4.78, 5) is 11.8. The van der Waals surface area contributed by atoms with Crippen molar-refractivity contribution in [3.05, 3.63) is 30.3 Å². The standard InChI is InChI=1S/C15H18N2O2/c16-11-12-5-4-8-14(12)17-15(18)9-10-19-13-6-2-1-3-7-13/h1-3,6-7,12,14H,4-5,8-10H2,(H,17,18). The van der Waals surface area contributed by atoms with Crippen LogP contribution in [0.1, 0.15) is 25.7 Å². The molecule has 1 saturated carbocycles. The molecule has 1 aliphatic rings. The van der Waals surface area contributed by atoms with E-state index < -0.39 is 0 Å².